The van der Waals surface area contributed by atoms with Gasteiger partial charge in [0, 0.05) is 24.8 Å². The fourth-order valence-electron chi connectivity index (χ4n) is 3.01. The Balaban J connectivity index is 1.87. The Hall–Kier alpha value is -2.47. The van der Waals surface area contributed by atoms with Crippen molar-refractivity contribution in [3.63, 3.8) is 0 Å². The number of anilines is 2. The van der Waals surface area contributed by atoms with Crippen LogP contribution in [0.2, 0.25) is 0 Å². The van der Waals surface area contributed by atoms with E-state index in [1.54, 1.807) is 13.0 Å². The van der Waals surface area contributed by atoms with Gasteiger partial charge in [0.2, 0.25) is 0 Å². The summed E-state index contributed by atoms with van der Waals surface area (Å²) in [6.45, 7) is 6.91. The van der Waals surface area contributed by atoms with Crippen LogP contribution in [-0.2, 0) is 13.0 Å². The second-order valence-corrected chi connectivity index (χ2v) is 5.75. The largest absolute Gasteiger partial charge is 0.340 e. The van der Waals surface area contributed by atoms with Gasteiger partial charge in [0.25, 0.3) is 5.69 Å². The Labute approximate surface area is 135 Å². The molecule has 0 atom stereocenters. The van der Waals surface area contributed by atoms with Crippen molar-refractivity contribution in [1.29, 1.82) is 0 Å². The molecule has 0 spiro atoms. The molecule has 0 unspecified atom stereocenters. The minimum absolute atomic E-state index is 0.0456. The van der Waals surface area contributed by atoms with E-state index in [4.69, 9.17) is 0 Å². The number of nitro groups is 1. The molecule has 0 saturated heterocycles. The molecule has 6 heteroatoms. The third-order valence-electron chi connectivity index (χ3n) is 4.31. The molecule has 0 amide bonds. The number of nitrogens with zero attached hydrogens (tertiary/aromatic N) is 3. The summed E-state index contributed by atoms with van der Waals surface area (Å²) in [5.41, 5.74) is 4.15. The van der Waals surface area contributed by atoms with Gasteiger partial charge in [-0.15, -0.1) is 0 Å². The SMILES string of the molecule is CCN1CCc2c(cccc2Nc2ccc([N+](=O)[O-])c(C)n2)C1. The van der Waals surface area contributed by atoms with Gasteiger partial charge in [-0.1, -0.05) is 19.1 Å². The van der Waals surface area contributed by atoms with Crippen LogP contribution >= 0.6 is 0 Å². The van der Waals surface area contributed by atoms with E-state index < -0.39 is 4.92 Å². The molecule has 0 radical (unpaired) electrons. The summed E-state index contributed by atoms with van der Waals surface area (Å²) in [7, 11) is 0. The first-order valence-corrected chi connectivity index (χ1v) is 7.80. The van der Waals surface area contributed by atoms with Crippen molar-refractivity contribution >= 4 is 17.2 Å². The molecule has 3 rings (SSSR count). The second kappa shape index (κ2) is 6.34. The summed E-state index contributed by atoms with van der Waals surface area (Å²) < 4.78 is 0. The lowest BCUT2D eigenvalue weighted by molar-refractivity contribution is -0.385. The zero-order valence-corrected chi connectivity index (χ0v) is 13.4. The van der Waals surface area contributed by atoms with Crippen LogP contribution in [0, 0.1) is 17.0 Å². The number of hydrogen-bond donors (Lipinski definition) is 1. The molecule has 1 aliphatic rings. The molecule has 0 aliphatic carbocycles. The van der Waals surface area contributed by atoms with Gasteiger partial charge in [0.15, 0.2) is 0 Å². The highest BCUT2D eigenvalue weighted by molar-refractivity contribution is 5.64. The first kappa shape index (κ1) is 15.4. The monoisotopic (exact) mass is 312 g/mol. The number of aromatic nitrogens is 1. The normalized spacial score (nSPS) is 14.3. The molecule has 6 nitrogen and oxygen atoms in total. The summed E-state index contributed by atoms with van der Waals surface area (Å²) in [4.78, 5) is 17.2. The van der Waals surface area contributed by atoms with Crippen molar-refractivity contribution in [2.45, 2.75) is 26.8 Å². The molecule has 1 aliphatic heterocycles. The lowest BCUT2D eigenvalue weighted by Crippen LogP contribution is -2.30. The molecule has 0 fully saturated rings. The smallest absolute Gasteiger partial charge is 0.290 e. The Bertz CT molecular complexity index is 745. The van der Waals surface area contributed by atoms with E-state index in [1.165, 1.54) is 17.2 Å². The Morgan fingerprint density at radius 2 is 2.17 bits per heavy atom. The molecular weight excluding hydrogens is 292 g/mol. The molecule has 120 valence electrons. The first-order valence-electron chi connectivity index (χ1n) is 7.80. The van der Waals surface area contributed by atoms with Crippen LogP contribution in [0.4, 0.5) is 17.2 Å². The number of benzene rings is 1. The van der Waals surface area contributed by atoms with Gasteiger partial charge in [-0.05, 0) is 43.1 Å². The van der Waals surface area contributed by atoms with Crippen molar-refractivity contribution < 1.29 is 4.92 Å². The number of likely N-dealkylation sites (N-methyl/N-ethyl adjacent to an activating group) is 1. The predicted octanol–water partition coefficient (Wildman–Crippen LogP) is 3.42. The maximum Gasteiger partial charge on any atom is 0.290 e. The Morgan fingerprint density at radius 1 is 1.35 bits per heavy atom. The number of rotatable bonds is 4. The maximum atomic E-state index is 10.9. The summed E-state index contributed by atoms with van der Waals surface area (Å²) in [6.07, 6.45) is 0.998. The molecular formula is C17H20N4O2. The molecule has 23 heavy (non-hydrogen) atoms. The standard InChI is InChI=1S/C17H20N4O2/c1-3-20-10-9-14-13(11-20)5-4-6-15(14)19-17-8-7-16(21(22)23)12(2)18-17/h4-8H,3,9-11H2,1-2H3,(H,18,19). The molecule has 0 bridgehead atoms. The number of pyridine rings is 1. The number of nitrogens with one attached hydrogen (secondary N) is 1. The molecule has 0 saturated carbocycles. The number of aryl methyl sites for hydroxylation is 1. The van der Waals surface area contributed by atoms with Crippen LogP contribution in [0.3, 0.4) is 0 Å². The van der Waals surface area contributed by atoms with Crippen LogP contribution in [0.15, 0.2) is 30.3 Å². The fourth-order valence-corrected chi connectivity index (χ4v) is 3.01. The van der Waals surface area contributed by atoms with Crippen LogP contribution in [0.5, 0.6) is 0 Å². The van der Waals surface area contributed by atoms with Crippen molar-refractivity contribution in [2.24, 2.45) is 0 Å². The average molecular weight is 312 g/mol. The summed E-state index contributed by atoms with van der Waals surface area (Å²) in [5.74, 6) is 0.638. The minimum Gasteiger partial charge on any atom is -0.340 e. The van der Waals surface area contributed by atoms with E-state index in [1.807, 2.05) is 12.1 Å². The van der Waals surface area contributed by atoms with Gasteiger partial charge in [-0.2, -0.15) is 0 Å². The van der Waals surface area contributed by atoms with Gasteiger partial charge in [0.1, 0.15) is 11.5 Å². The van der Waals surface area contributed by atoms with E-state index in [2.05, 4.69) is 28.2 Å². The zero-order valence-electron chi connectivity index (χ0n) is 13.4. The van der Waals surface area contributed by atoms with Crippen molar-refractivity contribution in [2.75, 3.05) is 18.4 Å². The molecule has 2 heterocycles. The van der Waals surface area contributed by atoms with Crippen LogP contribution in [0.25, 0.3) is 0 Å². The van der Waals surface area contributed by atoms with Crippen LogP contribution in [-0.4, -0.2) is 27.9 Å². The topological polar surface area (TPSA) is 71.3 Å². The molecule has 1 aromatic carbocycles. The zero-order chi connectivity index (χ0) is 16.4. The lowest BCUT2D eigenvalue weighted by Gasteiger charge is -2.29. The maximum absolute atomic E-state index is 10.9. The number of hydrogen-bond acceptors (Lipinski definition) is 5. The molecule has 2 aromatic rings. The quantitative estimate of drug-likeness (QED) is 0.692. The summed E-state index contributed by atoms with van der Waals surface area (Å²) in [5, 5.41) is 14.2. The number of fused-ring (bicyclic) bond motifs is 1. The highest BCUT2D eigenvalue weighted by atomic mass is 16.6. The van der Waals surface area contributed by atoms with Gasteiger partial charge in [-0.25, -0.2) is 4.98 Å². The van der Waals surface area contributed by atoms with Gasteiger partial charge in [-0.3, -0.25) is 15.0 Å². The minimum atomic E-state index is -0.407. The van der Waals surface area contributed by atoms with E-state index in [0.29, 0.717) is 11.5 Å². The van der Waals surface area contributed by atoms with Gasteiger partial charge < -0.3 is 5.32 Å². The predicted molar refractivity (Wildman–Crippen MR) is 90.0 cm³/mol. The van der Waals surface area contributed by atoms with E-state index in [0.717, 1.165) is 31.7 Å². The average Bonchev–Trinajstić information content (AvgIpc) is 2.54. The van der Waals surface area contributed by atoms with E-state index in [9.17, 15) is 10.1 Å². The van der Waals surface area contributed by atoms with E-state index in [-0.39, 0.29) is 5.69 Å². The van der Waals surface area contributed by atoms with Gasteiger partial charge >= 0.3 is 0 Å². The highest BCUT2D eigenvalue weighted by Crippen LogP contribution is 2.29. The molecule has 1 N–H and O–H groups in total. The third kappa shape index (κ3) is 3.17. The summed E-state index contributed by atoms with van der Waals surface area (Å²) in [6, 6.07) is 9.40. The first-order chi connectivity index (χ1) is 11.1. The fraction of sp³-hybridized carbons (Fsp3) is 0.353. The molecule has 1 aromatic heterocycles. The van der Waals surface area contributed by atoms with Crippen molar-refractivity contribution in [3.8, 4) is 0 Å². The van der Waals surface area contributed by atoms with Crippen molar-refractivity contribution in [3.05, 3.63) is 57.3 Å². The lowest BCUT2D eigenvalue weighted by atomic mass is 9.97. The second-order valence-electron chi connectivity index (χ2n) is 5.75. The highest BCUT2D eigenvalue weighted by Gasteiger charge is 2.18. The third-order valence-corrected chi connectivity index (χ3v) is 4.31. The van der Waals surface area contributed by atoms with Crippen LogP contribution < -0.4 is 5.32 Å². The van der Waals surface area contributed by atoms with Gasteiger partial charge in [0.05, 0.1) is 4.92 Å². The van der Waals surface area contributed by atoms with Crippen molar-refractivity contribution in [1.82, 2.24) is 9.88 Å². The van der Waals surface area contributed by atoms with E-state index >= 15 is 0 Å². The Morgan fingerprint density at radius 3 is 2.87 bits per heavy atom. The Kier molecular flexibility index (Phi) is 4.25. The van der Waals surface area contributed by atoms with Crippen LogP contribution in [0.1, 0.15) is 23.7 Å². The summed E-state index contributed by atoms with van der Waals surface area (Å²) >= 11 is 0.